The highest BCUT2D eigenvalue weighted by molar-refractivity contribution is 9.12. The van der Waals surface area contributed by atoms with E-state index in [0.29, 0.717) is 11.0 Å². The number of halogens is 2. The minimum Gasteiger partial charge on any atom is -0.404 e. The number of nitrogens with one attached hydrogen (secondary N) is 1. The third-order valence-electron chi connectivity index (χ3n) is 1.92. The van der Waals surface area contributed by atoms with Crippen LogP contribution in [0.3, 0.4) is 0 Å². The van der Waals surface area contributed by atoms with Gasteiger partial charge in [0.1, 0.15) is 6.17 Å². The van der Waals surface area contributed by atoms with Crippen LogP contribution in [0.15, 0.2) is 15.7 Å². The number of nitrogens with two attached hydrogens (primary N) is 1. The van der Waals surface area contributed by atoms with Crippen molar-refractivity contribution in [1.29, 1.82) is 0 Å². The van der Waals surface area contributed by atoms with E-state index in [-0.39, 0.29) is 6.04 Å². The molecule has 2 unspecified atom stereocenters. The largest absolute Gasteiger partial charge is 0.404 e. The predicted molar refractivity (Wildman–Crippen MR) is 55.9 cm³/mol. The minimum atomic E-state index is -0.886. The monoisotopic (exact) mass is 249 g/mol. The van der Waals surface area contributed by atoms with Crippen LogP contribution in [0.5, 0.6) is 0 Å². The lowest BCUT2D eigenvalue weighted by atomic mass is 10.1. The number of hydrogen-bond acceptors (Lipinski definition) is 3. The van der Waals surface area contributed by atoms with E-state index >= 15 is 0 Å². The molecule has 2 atom stereocenters. The first-order valence-electron chi connectivity index (χ1n) is 4.19. The summed E-state index contributed by atoms with van der Waals surface area (Å²) in [4.78, 5) is 4.10. The van der Waals surface area contributed by atoms with Crippen LogP contribution >= 0.6 is 15.9 Å². The van der Waals surface area contributed by atoms with E-state index in [2.05, 4.69) is 26.2 Å². The number of rotatable bonds is 2. The van der Waals surface area contributed by atoms with Crippen LogP contribution in [-0.4, -0.2) is 31.5 Å². The van der Waals surface area contributed by atoms with Crippen LogP contribution in [0.4, 0.5) is 4.39 Å². The molecule has 1 aliphatic rings. The first-order chi connectivity index (χ1) is 6.24. The maximum Gasteiger partial charge on any atom is 0.135 e. The summed E-state index contributed by atoms with van der Waals surface area (Å²) in [5.41, 5.74) is 5.22. The van der Waals surface area contributed by atoms with Crippen molar-refractivity contribution in [2.24, 2.45) is 10.7 Å². The lowest BCUT2D eigenvalue weighted by molar-refractivity contribution is 0.235. The standard InChI is InChI=1S/C8H13BrFN3/c9-6(3-11)4-13-8-1-2-12-5-7(8)10/h3-4,7-8,12H,1-2,5,11H2/b6-3+,13-4?. The van der Waals surface area contributed by atoms with Crippen LogP contribution in [0.1, 0.15) is 6.42 Å². The molecule has 3 nitrogen and oxygen atoms in total. The van der Waals surface area contributed by atoms with E-state index in [1.165, 1.54) is 6.20 Å². The number of piperidine rings is 1. The fraction of sp³-hybridized carbons (Fsp3) is 0.625. The van der Waals surface area contributed by atoms with Gasteiger partial charge < -0.3 is 11.1 Å². The maximum absolute atomic E-state index is 13.2. The lowest BCUT2D eigenvalue weighted by Crippen LogP contribution is -2.40. The van der Waals surface area contributed by atoms with Crippen molar-refractivity contribution >= 4 is 22.1 Å². The molecule has 0 aromatic rings. The Kier molecular flexibility index (Phi) is 4.38. The van der Waals surface area contributed by atoms with Crippen molar-refractivity contribution in [3.63, 3.8) is 0 Å². The summed E-state index contributed by atoms with van der Waals surface area (Å²) in [6.07, 6.45) is 2.80. The van der Waals surface area contributed by atoms with Gasteiger partial charge in [-0.15, -0.1) is 0 Å². The topological polar surface area (TPSA) is 50.4 Å². The summed E-state index contributed by atoms with van der Waals surface area (Å²) in [5, 5.41) is 2.97. The van der Waals surface area contributed by atoms with E-state index in [9.17, 15) is 4.39 Å². The summed E-state index contributed by atoms with van der Waals surface area (Å²) >= 11 is 3.17. The van der Waals surface area contributed by atoms with Crippen LogP contribution in [-0.2, 0) is 0 Å². The smallest absolute Gasteiger partial charge is 0.135 e. The second-order valence-corrected chi connectivity index (χ2v) is 3.82. The second kappa shape index (κ2) is 5.34. The van der Waals surface area contributed by atoms with Crippen LogP contribution < -0.4 is 11.1 Å². The van der Waals surface area contributed by atoms with Crippen LogP contribution in [0.2, 0.25) is 0 Å². The third kappa shape index (κ3) is 3.44. The van der Waals surface area contributed by atoms with Crippen LogP contribution in [0.25, 0.3) is 0 Å². The summed E-state index contributed by atoms with van der Waals surface area (Å²) in [5.74, 6) is 0. The molecule has 13 heavy (non-hydrogen) atoms. The Morgan fingerprint density at radius 2 is 2.46 bits per heavy atom. The molecule has 1 heterocycles. The number of nitrogens with zero attached hydrogens (tertiary/aromatic N) is 1. The average molecular weight is 250 g/mol. The van der Waals surface area contributed by atoms with Crippen molar-refractivity contribution < 1.29 is 4.39 Å². The quantitative estimate of drug-likeness (QED) is 0.717. The van der Waals surface area contributed by atoms with Gasteiger partial charge in [0.25, 0.3) is 0 Å². The fourth-order valence-electron chi connectivity index (χ4n) is 1.18. The molecule has 0 spiro atoms. The van der Waals surface area contributed by atoms with Gasteiger partial charge in [0.2, 0.25) is 0 Å². The van der Waals surface area contributed by atoms with Gasteiger partial charge >= 0.3 is 0 Å². The Morgan fingerprint density at radius 1 is 1.69 bits per heavy atom. The highest BCUT2D eigenvalue weighted by atomic mass is 79.9. The SMILES string of the molecule is N/C=C(/Br)C=NC1CCNCC1F. The first-order valence-corrected chi connectivity index (χ1v) is 4.98. The molecule has 0 amide bonds. The van der Waals surface area contributed by atoms with Gasteiger partial charge in [0.05, 0.1) is 10.5 Å². The van der Waals surface area contributed by atoms with Crippen LogP contribution in [0, 0.1) is 0 Å². The Hall–Kier alpha value is -0.420. The van der Waals surface area contributed by atoms with Crippen molar-refractivity contribution in [3.8, 4) is 0 Å². The lowest BCUT2D eigenvalue weighted by Gasteiger charge is -2.23. The van der Waals surface area contributed by atoms with Gasteiger partial charge in [0, 0.05) is 19.0 Å². The molecule has 1 saturated heterocycles. The molecule has 0 aromatic heterocycles. The molecule has 3 N–H and O–H groups in total. The molecule has 0 bridgehead atoms. The van der Waals surface area contributed by atoms with Crippen molar-refractivity contribution in [1.82, 2.24) is 5.32 Å². The summed E-state index contributed by atoms with van der Waals surface area (Å²) in [7, 11) is 0. The normalized spacial score (nSPS) is 31.1. The Balaban J connectivity index is 2.46. The zero-order chi connectivity index (χ0) is 9.68. The Bertz CT molecular complexity index is 217. The molecule has 0 aliphatic carbocycles. The summed E-state index contributed by atoms with van der Waals surface area (Å²) in [6, 6.07) is -0.228. The molecule has 0 saturated carbocycles. The third-order valence-corrected chi connectivity index (χ3v) is 2.39. The van der Waals surface area contributed by atoms with Gasteiger partial charge in [-0.25, -0.2) is 4.39 Å². The summed E-state index contributed by atoms with van der Waals surface area (Å²) in [6.45, 7) is 1.22. The van der Waals surface area contributed by atoms with E-state index in [0.717, 1.165) is 13.0 Å². The Morgan fingerprint density at radius 3 is 3.08 bits per heavy atom. The minimum absolute atomic E-state index is 0.228. The van der Waals surface area contributed by atoms with E-state index in [4.69, 9.17) is 5.73 Å². The van der Waals surface area contributed by atoms with Gasteiger partial charge in [-0.3, -0.25) is 4.99 Å². The molecule has 74 valence electrons. The van der Waals surface area contributed by atoms with Crippen molar-refractivity contribution in [2.45, 2.75) is 18.6 Å². The van der Waals surface area contributed by atoms with E-state index < -0.39 is 6.17 Å². The second-order valence-electron chi connectivity index (χ2n) is 2.91. The number of hydrogen-bond donors (Lipinski definition) is 2. The molecule has 0 aromatic carbocycles. The molecule has 5 heteroatoms. The summed E-state index contributed by atoms with van der Waals surface area (Å²) < 4.78 is 13.8. The zero-order valence-corrected chi connectivity index (χ0v) is 8.80. The van der Waals surface area contributed by atoms with Gasteiger partial charge in [-0.2, -0.15) is 0 Å². The van der Waals surface area contributed by atoms with Gasteiger partial charge in [-0.1, -0.05) is 0 Å². The van der Waals surface area contributed by atoms with Crippen molar-refractivity contribution in [3.05, 3.63) is 10.7 Å². The van der Waals surface area contributed by atoms with Gasteiger partial charge in [0.15, 0.2) is 0 Å². The number of allylic oxidation sites excluding steroid dienone is 1. The molecular weight excluding hydrogens is 237 g/mol. The van der Waals surface area contributed by atoms with Gasteiger partial charge in [-0.05, 0) is 28.9 Å². The molecular formula is C8H13BrFN3. The van der Waals surface area contributed by atoms with E-state index in [1.807, 2.05) is 0 Å². The Labute approximate surface area is 85.4 Å². The molecule has 1 rings (SSSR count). The highest BCUT2D eigenvalue weighted by Crippen LogP contribution is 2.12. The molecule has 1 aliphatic heterocycles. The average Bonchev–Trinajstić information content (AvgIpc) is 2.16. The highest BCUT2D eigenvalue weighted by Gasteiger charge is 2.22. The maximum atomic E-state index is 13.2. The predicted octanol–water partition coefficient (Wildman–Crippen LogP) is 0.952. The van der Waals surface area contributed by atoms with Crippen molar-refractivity contribution in [2.75, 3.05) is 13.1 Å². The fourth-order valence-corrected chi connectivity index (χ4v) is 1.30. The number of alkyl halides is 1. The zero-order valence-electron chi connectivity index (χ0n) is 7.21. The number of aliphatic imine (C=N–C) groups is 1. The molecule has 1 fully saturated rings. The van der Waals surface area contributed by atoms with E-state index in [1.54, 1.807) is 6.21 Å². The molecule has 0 radical (unpaired) electrons. The first kappa shape index (κ1) is 10.7.